The van der Waals surface area contributed by atoms with E-state index in [0.29, 0.717) is 16.9 Å². The first-order chi connectivity index (χ1) is 4.61. The minimum absolute atomic E-state index is 0. The maximum absolute atomic E-state index is 5.62. The van der Waals surface area contributed by atoms with Gasteiger partial charge in [-0.2, -0.15) is 5.10 Å². The largest absolute Gasteiger partial charge is 0.395 e. The Bertz CT molecular complexity index is 212. The average molecular weight is 196 g/mol. The molecule has 0 radical (unpaired) electrons. The molecule has 0 fully saturated rings. The third-order valence-electron chi connectivity index (χ3n) is 1.24. The minimum Gasteiger partial charge on any atom is -0.395 e. The molecular formula is C6H11Cl2N3. The summed E-state index contributed by atoms with van der Waals surface area (Å²) in [6.07, 6.45) is 1.73. The first-order valence-electron chi connectivity index (χ1n) is 3.11. The summed E-state index contributed by atoms with van der Waals surface area (Å²) < 4.78 is 1.73. The van der Waals surface area contributed by atoms with E-state index in [1.165, 1.54) is 0 Å². The van der Waals surface area contributed by atoms with Crippen LogP contribution < -0.4 is 5.73 Å². The van der Waals surface area contributed by atoms with Crippen LogP contribution in [0.1, 0.15) is 19.9 Å². The lowest BCUT2D eigenvalue weighted by molar-refractivity contribution is 0.533. The number of hydrogen-bond acceptors (Lipinski definition) is 2. The van der Waals surface area contributed by atoms with Gasteiger partial charge in [0.05, 0.1) is 5.69 Å². The summed E-state index contributed by atoms with van der Waals surface area (Å²) >= 11 is 5.62. The Hall–Kier alpha value is -0.410. The van der Waals surface area contributed by atoms with E-state index < -0.39 is 0 Å². The Morgan fingerprint density at radius 2 is 2.18 bits per heavy atom. The van der Waals surface area contributed by atoms with Crippen LogP contribution in [0.4, 0.5) is 5.69 Å². The summed E-state index contributed by atoms with van der Waals surface area (Å²) in [7, 11) is 0. The highest BCUT2D eigenvalue weighted by molar-refractivity contribution is 6.31. The van der Waals surface area contributed by atoms with Crippen LogP contribution in [0.2, 0.25) is 5.15 Å². The Balaban J connectivity index is 0.000001000. The molecule has 0 saturated heterocycles. The molecule has 2 N–H and O–H groups in total. The van der Waals surface area contributed by atoms with Crippen molar-refractivity contribution in [3.05, 3.63) is 11.3 Å². The van der Waals surface area contributed by atoms with Gasteiger partial charge in [-0.25, -0.2) is 0 Å². The van der Waals surface area contributed by atoms with E-state index in [1.54, 1.807) is 10.9 Å². The molecule has 0 aromatic carbocycles. The zero-order chi connectivity index (χ0) is 7.72. The number of nitrogens with zero attached hydrogens (tertiary/aromatic N) is 2. The van der Waals surface area contributed by atoms with Gasteiger partial charge in [-0.3, -0.25) is 4.68 Å². The summed E-state index contributed by atoms with van der Waals surface area (Å²) in [4.78, 5) is 0. The van der Waals surface area contributed by atoms with Crippen molar-refractivity contribution in [2.75, 3.05) is 5.73 Å². The van der Waals surface area contributed by atoms with Crippen molar-refractivity contribution in [3.63, 3.8) is 0 Å². The quantitative estimate of drug-likeness (QED) is 0.747. The van der Waals surface area contributed by atoms with Crippen molar-refractivity contribution in [1.82, 2.24) is 9.78 Å². The molecule has 0 atom stereocenters. The standard InChI is InChI=1S/C6H10ClN3.ClH/c1-4(2)10-3-5(8)6(7)9-10;/h3-4H,8H2,1-2H3;1H. The first-order valence-corrected chi connectivity index (χ1v) is 3.49. The van der Waals surface area contributed by atoms with Crippen LogP contribution in [0, 0.1) is 0 Å². The molecule has 0 aliphatic heterocycles. The molecule has 0 amide bonds. The SMILES string of the molecule is CC(C)n1cc(N)c(Cl)n1.Cl. The highest BCUT2D eigenvalue weighted by atomic mass is 35.5. The summed E-state index contributed by atoms with van der Waals surface area (Å²) in [6, 6.07) is 0.315. The number of halogens is 2. The van der Waals surface area contributed by atoms with Gasteiger partial charge in [-0.15, -0.1) is 12.4 Å². The number of rotatable bonds is 1. The maximum atomic E-state index is 5.62. The Morgan fingerprint density at radius 1 is 1.64 bits per heavy atom. The smallest absolute Gasteiger partial charge is 0.173 e. The Morgan fingerprint density at radius 3 is 2.36 bits per heavy atom. The lowest BCUT2D eigenvalue weighted by Crippen LogP contribution is -2.00. The second-order valence-electron chi connectivity index (χ2n) is 2.45. The van der Waals surface area contributed by atoms with Crippen molar-refractivity contribution in [2.45, 2.75) is 19.9 Å². The second kappa shape index (κ2) is 3.83. The lowest BCUT2D eigenvalue weighted by Gasteiger charge is -2.01. The molecule has 1 aromatic heterocycles. The van der Waals surface area contributed by atoms with Gasteiger partial charge < -0.3 is 5.73 Å². The number of aromatic nitrogens is 2. The zero-order valence-electron chi connectivity index (χ0n) is 6.41. The molecule has 0 bridgehead atoms. The number of anilines is 1. The minimum atomic E-state index is 0. The van der Waals surface area contributed by atoms with Crippen molar-refractivity contribution in [2.24, 2.45) is 0 Å². The van der Waals surface area contributed by atoms with Gasteiger partial charge in [0.25, 0.3) is 0 Å². The van der Waals surface area contributed by atoms with E-state index in [-0.39, 0.29) is 12.4 Å². The fourth-order valence-corrected chi connectivity index (χ4v) is 0.784. The van der Waals surface area contributed by atoms with Crippen molar-refractivity contribution < 1.29 is 0 Å². The summed E-state index contributed by atoms with van der Waals surface area (Å²) in [6.45, 7) is 4.03. The molecule has 3 nitrogen and oxygen atoms in total. The predicted molar refractivity (Wildman–Crippen MR) is 49.3 cm³/mol. The average Bonchev–Trinajstić information content (AvgIpc) is 2.13. The van der Waals surface area contributed by atoms with Crippen molar-refractivity contribution in [1.29, 1.82) is 0 Å². The first kappa shape index (κ1) is 10.6. The number of hydrogen-bond donors (Lipinski definition) is 1. The fourth-order valence-electron chi connectivity index (χ4n) is 0.648. The van der Waals surface area contributed by atoms with Crippen LogP contribution in [-0.4, -0.2) is 9.78 Å². The van der Waals surface area contributed by atoms with Crippen LogP contribution in [-0.2, 0) is 0 Å². The van der Waals surface area contributed by atoms with Gasteiger partial charge >= 0.3 is 0 Å². The molecule has 0 aliphatic carbocycles. The Kier molecular flexibility index (Phi) is 3.69. The number of nitrogen functional groups attached to an aromatic ring is 1. The zero-order valence-corrected chi connectivity index (χ0v) is 7.99. The van der Waals surface area contributed by atoms with E-state index in [2.05, 4.69) is 5.10 Å². The van der Waals surface area contributed by atoms with Crippen LogP contribution in [0.3, 0.4) is 0 Å². The van der Waals surface area contributed by atoms with E-state index in [9.17, 15) is 0 Å². The van der Waals surface area contributed by atoms with E-state index >= 15 is 0 Å². The van der Waals surface area contributed by atoms with E-state index in [1.807, 2.05) is 13.8 Å². The molecular weight excluding hydrogens is 185 g/mol. The molecule has 0 saturated carbocycles. The van der Waals surface area contributed by atoms with E-state index in [0.717, 1.165) is 0 Å². The topological polar surface area (TPSA) is 43.8 Å². The summed E-state index contributed by atoms with van der Waals surface area (Å²) in [5.41, 5.74) is 6.00. The Labute approximate surface area is 76.9 Å². The van der Waals surface area contributed by atoms with Crippen molar-refractivity contribution >= 4 is 29.7 Å². The maximum Gasteiger partial charge on any atom is 0.173 e. The van der Waals surface area contributed by atoms with Gasteiger partial charge in [0.2, 0.25) is 0 Å². The fraction of sp³-hybridized carbons (Fsp3) is 0.500. The predicted octanol–water partition coefficient (Wildman–Crippen LogP) is 2.12. The van der Waals surface area contributed by atoms with Gasteiger partial charge in [0, 0.05) is 12.2 Å². The lowest BCUT2D eigenvalue weighted by atomic mass is 10.4. The van der Waals surface area contributed by atoms with Gasteiger partial charge in [0.1, 0.15) is 0 Å². The molecule has 5 heteroatoms. The third-order valence-corrected chi connectivity index (χ3v) is 1.54. The number of nitrogens with two attached hydrogens (primary N) is 1. The molecule has 1 aromatic rings. The normalized spacial score (nSPS) is 9.82. The molecule has 0 unspecified atom stereocenters. The van der Waals surface area contributed by atoms with Crippen LogP contribution in [0.5, 0.6) is 0 Å². The van der Waals surface area contributed by atoms with Gasteiger partial charge in [-0.1, -0.05) is 11.6 Å². The van der Waals surface area contributed by atoms with Crippen LogP contribution in [0.15, 0.2) is 6.20 Å². The molecule has 1 rings (SSSR count). The molecule has 1 heterocycles. The van der Waals surface area contributed by atoms with Crippen molar-refractivity contribution in [3.8, 4) is 0 Å². The van der Waals surface area contributed by atoms with E-state index in [4.69, 9.17) is 17.3 Å². The summed E-state index contributed by atoms with van der Waals surface area (Å²) in [5.74, 6) is 0. The molecule has 0 aliphatic rings. The summed E-state index contributed by atoms with van der Waals surface area (Å²) in [5, 5.41) is 4.35. The van der Waals surface area contributed by atoms with Crippen LogP contribution in [0.25, 0.3) is 0 Å². The van der Waals surface area contributed by atoms with Crippen LogP contribution >= 0.6 is 24.0 Å². The molecule has 64 valence electrons. The molecule has 11 heavy (non-hydrogen) atoms. The highest BCUT2D eigenvalue weighted by Gasteiger charge is 2.03. The highest BCUT2D eigenvalue weighted by Crippen LogP contribution is 2.17. The van der Waals surface area contributed by atoms with Gasteiger partial charge in [-0.05, 0) is 13.8 Å². The monoisotopic (exact) mass is 195 g/mol. The van der Waals surface area contributed by atoms with Gasteiger partial charge in [0.15, 0.2) is 5.15 Å². The molecule has 0 spiro atoms. The second-order valence-corrected chi connectivity index (χ2v) is 2.81. The third kappa shape index (κ3) is 2.27.